The third-order valence-electron chi connectivity index (χ3n) is 2.68. The molecule has 0 amide bonds. The first-order valence-electron chi connectivity index (χ1n) is 4.48. The molecule has 0 spiro atoms. The Hall–Kier alpha value is -0.660. The minimum absolute atomic E-state index is 0.117. The number of Topliss-reactive ketones (excluding diaryl/α,β-unsaturated/α-hetero) is 1. The van der Waals surface area contributed by atoms with Crippen molar-refractivity contribution in [1.29, 1.82) is 0 Å². The van der Waals surface area contributed by atoms with Gasteiger partial charge in [-0.3, -0.25) is 4.79 Å². The molecule has 0 heterocycles. The van der Waals surface area contributed by atoms with Crippen molar-refractivity contribution in [3.8, 4) is 0 Å². The lowest BCUT2D eigenvalue weighted by Crippen LogP contribution is -2.41. The van der Waals surface area contributed by atoms with Crippen LogP contribution < -0.4 is 0 Å². The number of hydrogen-bond donors (Lipinski definition) is 0. The predicted octanol–water partition coefficient (Wildman–Crippen LogP) is 1.83. The Morgan fingerprint density at radius 3 is 2.33 bits per heavy atom. The number of hydrogen-bond acceptors (Lipinski definition) is 2. The molecule has 1 aliphatic rings. The fourth-order valence-electron chi connectivity index (χ4n) is 1.83. The molecule has 0 aromatic heterocycles. The second-order valence-corrected chi connectivity index (χ2v) is 4.43. The summed E-state index contributed by atoms with van der Waals surface area (Å²) >= 11 is 0. The van der Waals surface area contributed by atoms with Gasteiger partial charge in [-0.15, -0.1) is 0 Å². The fourth-order valence-corrected chi connectivity index (χ4v) is 1.83. The van der Waals surface area contributed by atoms with Gasteiger partial charge in [0, 0.05) is 17.3 Å². The lowest BCUT2D eigenvalue weighted by atomic mass is 9.61. The van der Waals surface area contributed by atoms with Crippen LogP contribution in [0.2, 0.25) is 0 Å². The van der Waals surface area contributed by atoms with Crippen LogP contribution in [-0.4, -0.2) is 12.1 Å². The first-order chi connectivity index (χ1) is 5.48. The standard InChI is InChI=1S/C10H16O2/c1-7(2)9(12)8-4-10(3,5-8)6-11/h6-8H,4-5H2,1-3H3. The molecule has 0 unspecified atom stereocenters. The van der Waals surface area contributed by atoms with Crippen LogP contribution >= 0.6 is 0 Å². The van der Waals surface area contributed by atoms with Gasteiger partial charge in [0.15, 0.2) is 0 Å². The molecule has 0 aromatic rings. The van der Waals surface area contributed by atoms with Gasteiger partial charge in [0.2, 0.25) is 0 Å². The molecule has 0 atom stereocenters. The summed E-state index contributed by atoms with van der Waals surface area (Å²) in [5, 5.41) is 0. The van der Waals surface area contributed by atoms with E-state index in [1.807, 2.05) is 20.8 Å². The van der Waals surface area contributed by atoms with E-state index in [0.717, 1.165) is 19.1 Å². The zero-order valence-corrected chi connectivity index (χ0v) is 7.96. The molecule has 1 fully saturated rings. The highest BCUT2D eigenvalue weighted by molar-refractivity contribution is 5.85. The molecule has 0 aliphatic heterocycles. The molecule has 0 aromatic carbocycles. The van der Waals surface area contributed by atoms with Gasteiger partial charge in [0.05, 0.1) is 0 Å². The van der Waals surface area contributed by atoms with E-state index in [9.17, 15) is 9.59 Å². The maximum Gasteiger partial charge on any atom is 0.138 e. The Kier molecular flexibility index (Phi) is 2.36. The summed E-state index contributed by atoms with van der Waals surface area (Å²) in [5.74, 6) is 0.584. The maximum atomic E-state index is 11.4. The molecule has 68 valence electrons. The minimum atomic E-state index is -0.199. The Bertz CT molecular complexity index is 200. The summed E-state index contributed by atoms with van der Waals surface area (Å²) in [6.45, 7) is 5.75. The molecular formula is C10H16O2. The van der Waals surface area contributed by atoms with E-state index < -0.39 is 0 Å². The largest absolute Gasteiger partial charge is 0.303 e. The van der Waals surface area contributed by atoms with Crippen molar-refractivity contribution in [3.05, 3.63) is 0 Å². The Morgan fingerprint density at radius 1 is 1.50 bits per heavy atom. The molecule has 12 heavy (non-hydrogen) atoms. The molecule has 1 aliphatic carbocycles. The van der Waals surface area contributed by atoms with Crippen LogP contribution in [0.4, 0.5) is 0 Å². The SMILES string of the molecule is CC(C)C(=O)C1CC(C)(C=O)C1. The summed E-state index contributed by atoms with van der Waals surface area (Å²) in [6.07, 6.45) is 2.50. The van der Waals surface area contributed by atoms with Gasteiger partial charge in [-0.1, -0.05) is 20.8 Å². The first-order valence-corrected chi connectivity index (χ1v) is 4.48. The molecule has 1 saturated carbocycles. The van der Waals surface area contributed by atoms with Crippen LogP contribution in [0.15, 0.2) is 0 Å². The van der Waals surface area contributed by atoms with Gasteiger partial charge in [-0.05, 0) is 12.8 Å². The van der Waals surface area contributed by atoms with E-state index >= 15 is 0 Å². The normalized spacial score (nSPS) is 34.5. The second kappa shape index (κ2) is 3.00. The van der Waals surface area contributed by atoms with Gasteiger partial charge >= 0.3 is 0 Å². The quantitative estimate of drug-likeness (QED) is 0.602. The molecular weight excluding hydrogens is 152 g/mol. The van der Waals surface area contributed by atoms with Gasteiger partial charge in [0.1, 0.15) is 12.1 Å². The average Bonchev–Trinajstić information content (AvgIpc) is 1.97. The third-order valence-corrected chi connectivity index (χ3v) is 2.68. The minimum Gasteiger partial charge on any atom is -0.303 e. The molecule has 0 radical (unpaired) electrons. The third kappa shape index (κ3) is 1.57. The van der Waals surface area contributed by atoms with Crippen molar-refractivity contribution in [1.82, 2.24) is 0 Å². The van der Waals surface area contributed by atoms with Crippen molar-refractivity contribution in [2.75, 3.05) is 0 Å². The van der Waals surface area contributed by atoms with Gasteiger partial charge in [-0.25, -0.2) is 0 Å². The molecule has 1 rings (SSSR count). The summed E-state index contributed by atoms with van der Waals surface area (Å²) in [6, 6.07) is 0. The number of rotatable bonds is 3. The highest BCUT2D eigenvalue weighted by Crippen LogP contribution is 2.44. The van der Waals surface area contributed by atoms with E-state index in [1.54, 1.807) is 0 Å². The van der Waals surface area contributed by atoms with Crippen LogP contribution in [0.25, 0.3) is 0 Å². The summed E-state index contributed by atoms with van der Waals surface area (Å²) < 4.78 is 0. The Balaban J connectivity index is 2.44. The predicted molar refractivity (Wildman–Crippen MR) is 46.7 cm³/mol. The fraction of sp³-hybridized carbons (Fsp3) is 0.800. The second-order valence-electron chi connectivity index (χ2n) is 4.43. The molecule has 0 N–H and O–H groups in total. The van der Waals surface area contributed by atoms with E-state index in [4.69, 9.17) is 0 Å². The van der Waals surface area contributed by atoms with Crippen LogP contribution in [0.3, 0.4) is 0 Å². The lowest BCUT2D eigenvalue weighted by Gasteiger charge is -2.40. The molecule has 0 bridgehead atoms. The van der Waals surface area contributed by atoms with E-state index in [-0.39, 0.29) is 17.3 Å². The topological polar surface area (TPSA) is 34.1 Å². The Morgan fingerprint density at radius 2 is 2.00 bits per heavy atom. The number of carbonyl (C=O) groups excluding carboxylic acids is 2. The molecule has 2 heteroatoms. The highest BCUT2D eigenvalue weighted by atomic mass is 16.1. The van der Waals surface area contributed by atoms with Gasteiger partial charge in [0.25, 0.3) is 0 Å². The smallest absolute Gasteiger partial charge is 0.138 e. The van der Waals surface area contributed by atoms with Gasteiger partial charge < -0.3 is 4.79 Å². The van der Waals surface area contributed by atoms with Crippen LogP contribution in [0.5, 0.6) is 0 Å². The molecule has 2 nitrogen and oxygen atoms in total. The first kappa shape index (κ1) is 9.43. The zero-order chi connectivity index (χ0) is 9.35. The molecule has 0 saturated heterocycles. The number of ketones is 1. The highest BCUT2D eigenvalue weighted by Gasteiger charge is 2.43. The summed E-state index contributed by atoms with van der Waals surface area (Å²) in [5.41, 5.74) is -0.199. The average molecular weight is 168 g/mol. The van der Waals surface area contributed by atoms with Crippen LogP contribution in [0, 0.1) is 17.3 Å². The van der Waals surface area contributed by atoms with Crippen LogP contribution in [0.1, 0.15) is 33.6 Å². The van der Waals surface area contributed by atoms with Crippen molar-refractivity contribution >= 4 is 12.1 Å². The van der Waals surface area contributed by atoms with Crippen molar-refractivity contribution in [2.45, 2.75) is 33.6 Å². The van der Waals surface area contributed by atoms with E-state index in [0.29, 0.717) is 5.78 Å². The van der Waals surface area contributed by atoms with Crippen LogP contribution in [-0.2, 0) is 9.59 Å². The monoisotopic (exact) mass is 168 g/mol. The van der Waals surface area contributed by atoms with Crippen molar-refractivity contribution in [2.24, 2.45) is 17.3 Å². The number of carbonyl (C=O) groups is 2. The van der Waals surface area contributed by atoms with E-state index in [2.05, 4.69) is 0 Å². The number of aldehydes is 1. The summed E-state index contributed by atoms with van der Waals surface area (Å²) in [4.78, 5) is 21.9. The zero-order valence-electron chi connectivity index (χ0n) is 7.96. The maximum absolute atomic E-state index is 11.4. The van der Waals surface area contributed by atoms with E-state index in [1.165, 1.54) is 0 Å². The Labute approximate surface area is 73.3 Å². The summed E-state index contributed by atoms with van der Waals surface area (Å²) in [7, 11) is 0. The van der Waals surface area contributed by atoms with Crippen molar-refractivity contribution < 1.29 is 9.59 Å². The van der Waals surface area contributed by atoms with Gasteiger partial charge in [-0.2, -0.15) is 0 Å². The van der Waals surface area contributed by atoms with Crippen molar-refractivity contribution in [3.63, 3.8) is 0 Å². The lowest BCUT2D eigenvalue weighted by molar-refractivity contribution is -0.136.